The number of halogens is 1. The Morgan fingerprint density at radius 2 is 1.87 bits per heavy atom. The summed E-state index contributed by atoms with van der Waals surface area (Å²) in [6.45, 7) is 6.04. The molecule has 3 rings (SSSR count). The maximum atomic E-state index is 12.6. The van der Waals surface area contributed by atoms with Crippen LogP contribution < -0.4 is 5.32 Å². The molecule has 158 valence electrons. The van der Waals surface area contributed by atoms with E-state index in [4.69, 9.17) is 11.6 Å². The van der Waals surface area contributed by atoms with Gasteiger partial charge in [0.05, 0.1) is 11.6 Å². The normalized spacial score (nSPS) is 15.5. The Morgan fingerprint density at radius 1 is 1.19 bits per heavy atom. The van der Waals surface area contributed by atoms with Gasteiger partial charge in [-0.25, -0.2) is 4.99 Å². The number of hydrogen-bond donors (Lipinski definition) is 1. The summed E-state index contributed by atoms with van der Waals surface area (Å²) in [5, 5.41) is 14.4. The number of benzene rings is 2. The number of likely N-dealkylation sites (tertiary alicyclic amines) is 1. The predicted molar refractivity (Wildman–Crippen MR) is 123 cm³/mol. The van der Waals surface area contributed by atoms with Crippen molar-refractivity contribution in [3.05, 3.63) is 70.5 Å². The van der Waals surface area contributed by atoms with Crippen LogP contribution in [-0.4, -0.2) is 36.5 Å². The van der Waals surface area contributed by atoms with Crippen LogP contribution in [0.3, 0.4) is 0 Å². The van der Waals surface area contributed by atoms with Crippen LogP contribution in [-0.2, 0) is 9.59 Å². The van der Waals surface area contributed by atoms with Crippen LogP contribution in [0.2, 0.25) is 0 Å². The van der Waals surface area contributed by atoms with Crippen LogP contribution in [0.5, 0.6) is 0 Å². The molecule has 0 saturated carbocycles. The highest BCUT2D eigenvalue weighted by atomic mass is 35.5. The second-order valence-electron chi connectivity index (χ2n) is 7.34. The maximum absolute atomic E-state index is 12.6. The van der Waals surface area contributed by atoms with Crippen molar-refractivity contribution in [3.8, 4) is 6.07 Å². The van der Waals surface area contributed by atoms with Crippen LogP contribution in [0.15, 0.2) is 64.4 Å². The van der Waals surface area contributed by atoms with Crippen molar-refractivity contribution in [1.29, 1.82) is 5.26 Å². The van der Waals surface area contributed by atoms with Crippen molar-refractivity contribution < 1.29 is 9.59 Å². The Kier molecular flexibility index (Phi) is 7.22. The number of nitrogens with zero attached hydrogens (tertiary/aromatic N) is 3. The molecule has 1 aliphatic heterocycles. The molecule has 0 radical (unpaired) electrons. The maximum Gasteiger partial charge on any atom is 0.315 e. The minimum Gasteiger partial charge on any atom is -0.334 e. The van der Waals surface area contributed by atoms with Gasteiger partial charge in [0, 0.05) is 18.1 Å². The molecule has 6 nitrogen and oxygen atoms in total. The number of nitrogens with one attached hydrogen (secondary N) is 1. The predicted octanol–water partition coefficient (Wildman–Crippen LogP) is 4.22. The summed E-state index contributed by atoms with van der Waals surface area (Å²) >= 11 is 5.77. The van der Waals surface area contributed by atoms with E-state index in [1.54, 1.807) is 17.9 Å². The van der Waals surface area contributed by atoms with E-state index in [1.807, 2.05) is 36.4 Å². The van der Waals surface area contributed by atoms with Crippen molar-refractivity contribution >= 4 is 40.9 Å². The summed E-state index contributed by atoms with van der Waals surface area (Å²) < 4.78 is 0. The largest absolute Gasteiger partial charge is 0.334 e. The first-order chi connectivity index (χ1) is 14.9. The fraction of sp³-hybridized carbons (Fsp3) is 0.250. The number of carbonyl (C=O) groups excluding carboxylic acids is 2. The number of fused-ring (bicyclic) bond motifs is 1. The van der Waals surface area contributed by atoms with Gasteiger partial charge in [-0.3, -0.25) is 9.59 Å². The van der Waals surface area contributed by atoms with Gasteiger partial charge in [-0.15, -0.1) is 0 Å². The van der Waals surface area contributed by atoms with E-state index in [0.717, 1.165) is 23.6 Å². The number of nitriles is 1. The fourth-order valence-corrected chi connectivity index (χ4v) is 3.87. The number of amides is 2. The smallest absolute Gasteiger partial charge is 0.315 e. The van der Waals surface area contributed by atoms with Crippen LogP contribution in [0.25, 0.3) is 10.8 Å². The summed E-state index contributed by atoms with van der Waals surface area (Å²) in [5.41, 5.74) is 1.83. The molecule has 1 heterocycles. The van der Waals surface area contributed by atoms with Gasteiger partial charge in [-0.1, -0.05) is 41.9 Å². The van der Waals surface area contributed by atoms with Crippen LogP contribution >= 0.6 is 11.6 Å². The quantitative estimate of drug-likeness (QED) is 0.444. The Bertz CT molecular complexity index is 1120. The van der Waals surface area contributed by atoms with E-state index >= 15 is 0 Å². The van der Waals surface area contributed by atoms with Crippen molar-refractivity contribution in [3.63, 3.8) is 0 Å². The molecule has 0 atom stereocenters. The van der Waals surface area contributed by atoms with E-state index < -0.39 is 11.8 Å². The summed E-state index contributed by atoms with van der Waals surface area (Å²) in [6, 6.07) is 14.0. The van der Waals surface area contributed by atoms with Crippen LogP contribution in [0, 0.1) is 11.3 Å². The molecule has 2 amide bonds. The van der Waals surface area contributed by atoms with Crippen molar-refractivity contribution in [1.82, 2.24) is 10.2 Å². The molecule has 1 N–H and O–H groups in total. The van der Waals surface area contributed by atoms with E-state index in [1.165, 1.54) is 11.6 Å². The van der Waals surface area contributed by atoms with Crippen molar-refractivity contribution in [2.45, 2.75) is 25.7 Å². The number of allylic oxidation sites excluding steroid dienone is 3. The van der Waals surface area contributed by atoms with Crippen molar-refractivity contribution in [2.24, 2.45) is 4.99 Å². The van der Waals surface area contributed by atoms with Crippen molar-refractivity contribution in [2.75, 3.05) is 13.1 Å². The Balaban J connectivity index is 1.68. The second kappa shape index (κ2) is 10.1. The number of hydrogen-bond acceptors (Lipinski definition) is 4. The number of piperidine rings is 1. The molecule has 0 spiro atoms. The molecular weight excluding hydrogens is 412 g/mol. The molecular formula is C24H23ClN4O2. The monoisotopic (exact) mass is 434 g/mol. The number of aliphatic imine (C=N–C) groups is 1. The summed E-state index contributed by atoms with van der Waals surface area (Å²) in [7, 11) is 0. The summed E-state index contributed by atoms with van der Waals surface area (Å²) in [5.74, 6) is -0.921. The van der Waals surface area contributed by atoms with Gasteiger partial charge < -0.3 is 10.2 Å². The average molecular weight is 435 g/mol. The SMILES string of the molecule is C=N/C(=C\C=C(/C)Cl)NC(=O)C(=O)N1CCC(c2ccc(C#N)c3ccccc23)CC1. The number of rotatable bonds is 4. The first-order valence-corrected chi connectivity index (χ1v) is 10.3. The molecule has 0 unspecified atom stereocenters. The van der Waals surface area contributed by atoms with E-state index in [0.29, 0.717) is 23.7 Å². The van der Waals surface area contributed by atoms with E-state index in [2.05, 4.69) is 23.1 Å². The average Bonchev–Trinajstić information content (AvgIpc) is 2.80. The lowest BCUT2D eigenvalue weighted by Gasteiger charge is -2.32. The van der Waals surface area contributed by atoms with Gasteiger partial charge >= 0.3 is 11.8 Å². The van der Waals surface area contributed by atoms with Gasteiger partial charge in [-0.05, 0) is 67.0 Å². The van der Waals surface area contributed by atoms with Gasteiger partial charge in [0.1, 0.15) is 5.82 Å². The lowest BCUT2D eigenvalue weighted by molar-refractivity contribution is -0.146. The third-order valence-electron chi connectivity index (χ3n) is 5.38. The summed E-state index contributed by atoms with van der Waals surface area (Å²) in [4.78, 5) is 30.2. The fourth-order valence-electron chi connectivity index (χ4n) is 3.81. The molecule has 0 aromatic heterocycles. The molecule has 2 aromatic rings. The lowest BCUT2D eigenvalue weighted by Crippen LogP contribution is -2.45. The zero-order valence-corrected chi connectivity index (χ0v) is 18.0. The Hall–Kier alpha value is -3.43. The molecule has 1 saturated heterocycles. The van der Waals surface area contributed by atoms with Gasteiger partial charge in [0.15, 0.2) is 0 Å². The highest BCUT2D eigenvalue weighted by Gasteiger charge is 2.28. The Morgan fingerprint density at radius 3 is 2.48 bits per heavy atom. The van der Waals surface area contributed by atoms with Gasteiger partial charge in [0.2, 0.25) is 0 Å². The number of carbonyl (C=O) groups is 2. The standard InChI is InChI=1S/C24H23ClN4O2/c1-16(25)7-10-22(27-2)28-23(30)24(31)29-13-11-17(12-14-29)20-9-8-18(15-26)19-5-3-4-6-21(19)20/h3-10,17H,2,11-14H2,1H3,(H,28,30)/b16-7+,22-10+. The lowest BCUT2D eigenvalue weighted by atomic mass is 9.85. The zero-order valence-electron chi connectivity index (χ0n) is 17.3. The third-order valence-corrected chi connectivity index (χ3v) is 5.50. The molecule has 0 aliphatic carbocycles. The minimum atomic E-state index is -0.749. The highest BCUT2D eigenvalue weighted by Crippen LogP contribution is 2.34. The van der Waals surface area contributed by atoms with Crippen LogP contribution in [0.4, 0.5) is 0 Å². The minimum absolute atomic E-state index is 0.164. The molecule has 7 heteroatoms. The molecule has 1 aliphatic rings. The van der Waals surface area contributed by atoms with Crippen LogP contribution in [0.1, 0.15) is 36.8 Å². The molecule has 31 heavy (non-hydrogen) atoms. The first kappa shape index (κ1) is 22.3. The van der Waals surface area contributed by atoms with Gasteiger partial charge in [0.25, 0.3) is 0 Å². The summed E-state index contributed by atoms with van der Waals surface area (Å²) in [6.07, 6.45) is 4.53. The highest BCUT2D eigenvalue weighted by molar-refractivity contribution is 6.35. The van der Waals surface area contributed by atoms with E-state index in [-0.39, 0.29) is 11.7 Å². The molecule has 2 aromatic carbocycles. The second-order valence-corrected chi connectivity index (χ2v) is 7.94. The molecule has 1 fully saturated rings. The zero-order chi connectivity index (χ0) is 22.4. The molecule has 0 bridgehead atoms. The third kappa shape index (κ3) is 5.19. The first-order valence-electron chi connectivity index (χ1n) is 9.97. The van der Waals surface area contributed by atoms with E-state index in [9.17, 15) is 14.9 Å². The van der Waals surface area contributed by atoms with Gasteiger partial charge in [-0.2, -0.15) is 5.26 Å². The topological polar surface area (TPSA) is 85.6 Å². The Labute approximate surface area is 186 Å².